The van der Waals surface area contributed by atoms with Crippen LogP contribution in [0.1, 0.15) is 231 Å². The number of thiophene rings is 8. The second-order valence-electron chi connectivity index (χ2n) is 34.0. The predicted octanol–water partition coefficient (Wildman–Crippen LogP) is 28.8. The Hall–Kier alpha value is -8.26. The second-order valence-corrected chi connectivity index (χ2v) is 43.1. The maximum absolute atomic E-state index is 14.2. The lowest BCUT2D eigenvalue weighted by atomic mass is 9.78. The van der Waals surface area contributed by atoms with Gasteiger partial charge in [-0.1, -0.05) is 159 Å². The Balaban J connectivity index is 0.907. The lowest BCUT2D eigenvalue weighted by Crippen LogP contribution is -2.36. The maximum Gasteiger partial charge on any atom is 0.194 e. The van der Waals surface area contributed by atoms with E-state index in [0.29, 0.717) is 89.4 Å². The van der Waals surface area contributed by atoms with Crippen molar-refractivity contribution in [2.24, 2.45) is 47.3 Å². The average molecular weight is 1720 g/mol. The van der Waals surface area contributed by atoms with E-state index < -0.39 is 5.60 Å². The first kappa shape index (κ1) is 82.8. The Labute approximate surface area is 720 Å². The van der Waals surface area contributed by atoms with Crippen LogP contribution in [0.4, 0.5) is 0 Å². The molecule has 3 aliphatic rings. The number of allylic oxidation sites excluding steroid dienone is 6. The van der Waals surface area contributed by atoms with Crippen LogP contribution in [0.25, 0.3) is 113 Å². The summed E-state index contributed by atoms with van der Waals surface area (Å²) in [6.07, 6.45) is 23.5. The van der Waals surface area contributed by atoms with Gasteiger partial charge in [-0.2, -0.15) is 21.0 Å². The number of ketones is 2. The molecular formula is C93H90Cl2N10O3S8. The van der Waals surface area contributed by atoms with E-state index in [0.717, 1.165) is 177 Å². The van der Waals surface area contributed by atoms with Crippen LogP contribution in [0, 0.1) is 92.7 Å². The zero-order chi connectivity index (χ0) is 82.0. The zero-order valence-electron chi connectivity index (χ0n) is 67.7. The van der Waals surface area contributed by atoms with E-state index in [1.807, 2.05) is 35.6 Å². The van der Waals surface area contributed by atoms with Crippen LogP contribution in [-0.2, 0) is 31.3 Å². The highest BCUT2D eigenvalue weighted by Crippen LogP contribution is 2.62. The van der Waals surface area contributed by atoms with Gasteiger partial charge in [-0.25, -0.2) is 19.9 Å². The van der Waals surface area contributed by atoms with Gasteiger partial charge in [-0.3, -0.25) is 19.6 Å². The fourth-order valence-electron chi connectivity index (χ4n) is 16.3. The number of halogens is 2. The molecule has 12 aromatic rings. The van der Waals surface area contributed by atoms with E-state index in [2.05, 4.69) is 131 Å². The van der Waals surface area contributed by atoms with Gasteiger partial charge in [0, 0.05) is 115 Å². The van der Waals surface area contributed by atoms with Gasteiger partial charge in [0.25, 0.3) is 0 Å². The summed E-state index contributed by atoms with van der Waals surface area (Å²) in [7, 11) is 0. The highest BCUT2D eigenvalue weighted by Gasteiger charge is 2.45. The fourth-order valence-corrected chi connectivity index (χ4v) is 27.2. The summed E-state index contributed by atoms with van der Waals surface area (Å²) < 4.78 is 11.7. The van der Waals surface area contributed by atoms with Gasteiger partial charge in [0.1, 0.15) is 68.8 Å². The van der Waals surface area contributed by atoms with Crippen LogP contribution in [-0.4, -0.2) is 41.5 Å². The molecular weight excluding hydrogens is 1630 g/mol. The standard InChI is InChI=1S/C93H90Cl2N10O3S8/c1-45(2)17-15-19-51(13)21-25-93(26-22-52(14)20-16-18-46(3)4)61-35-69(89-79-81(104-64(31-49(9)10)62(102-79)29-47(5)6)91(115-89)73-37-71-87(113-73)77(94)67(109-71)33-57-75(53(39-96)40-97)59-43-100-27-23-55(59)83(57)106)111-85(61)86-66(108-93)36-70(112-86)90-80-82(105-65(32-50(11)12)63(103-80)30-48(7)8)92(116-90)74-38-72-88(114-74)78(95)68(110-72)34-58-76(54(41-98)42-99)60-44-101-28-24-56(60)84(58)107/h23-24,27-28,33-38,43-52H,15-22,25-26,29-32H2,1-14H3/b57-33-,58-34-. The summed E-state index contributed by atoms with van der Waals surface area (Å²) in [5, 5.41) is 41.6. The monoisotopic (exact) mass is 1720 g/mol. The minimum atomic E-state index is -0.678. The molecule has 0 N–H and O–H groups in total. The predicted molar refractivity (Wildman–Crippen MR) is 488 cm³/mol. The van der Waals surface area contributed by atoms with Gasteiger partial charge < -0.3 is 4.74 Å². The van der Waals surface area contributed by atoms with Crippen molar-refractivity contribution in [3.8, 4) is 78.8 Å². The number of ether oxygens (including phenoxy) is 1. The zero-order valence-corrected chi connectivity index (χ0v) is 75.7. The SMILES string of the molecule is CC(C)CCCC(C)CCC1(CCC(C)CCCC(C)C)Oc2cc(-c3sc(-c4cc5sc(/C=C6\C(=O)c7ccncc7C6=C(C#N)C#N)c(Cl)c5s4)c4nc(CC(C)C)c(CC(C)C)nc34)sc2-c2sc(-c3sc(-c4cc5sc(/C=C6\C(=O)c7ccncc7C6=C(C#N)C#N)c(Cl)c5s4)c4nc(CC(C)C)c(CC(C)C)nc34)cc21. The number of Topliss-reactive ketones (excluding diaryl/α,β-unsaturated/α-hetero) is 2. The highest BCUT2D eigenvalue weighted by molar-refractivity contribution is 7.35. The normalized spacial score (nSPS) is 15.9. The molecule has 2 unspecified atom stereocenters. The lowest BCUT2D eigenvalue weighted by Gasteiger charge is -2.39. The van der Waals surface area contributed by atoms with Gasteiger partial charge in [-0.05, 0) is 141 Å². The summed E-state index contributed by atoms with van der Waals surface area (Å²) in [4.78, 5) is 71.9. The van der Waals surface area contributed by atoms with Gasteiger partial charge in [-0.15, -0.1) is 90.7 Å². The average Bonchev–Trinajstić information content (AvgIpc) is 1.55. The van der Waals surface area contributed by atoms with Gasteiger partial charge in [0.05, 0.1) is 76.4 Å². The molecule has 12 aromatic heterocycles. The third kappa shape index (κ3) is 16.1. The smallest absolute Gasteiger partial charge is 0.194 e. The first-order valence-electron chi connectivity index (χ1n) is 40.2. The molecule has 0 spiro atoms. The van der Waals surface area contributed by atoms with E-state index in [9.17, 15) is 30.6 Å². The van der Waals surface area contributed by atoms with Crippen molar-refractivity contribution in [1.82, 2.24) is 29.9 Å². The summed E-state index contributed by atoms with van der Waals surface area (Å²) in [5.41, 5.74) is 10.5. The molecule has 0 saturated carbocycles. The summed E-state index contributed by atoms with van der Waals surface area (Å²) in [5.74, 6) is 3.83. The minimum absolute atomic E-state index is 0.161. The molecule has 1 aliphatic heterocycles. The Bertz CT molecular complexity index is 6200. The molecule has 0 aromatic carbocycles. The molecule has 0 radical (unpaired) electrons. The second kappa shape index (κ2) is 34.2. The summed E-state index contributed by atoms with van der Waals surface area (Å²) in [6.45, 7) is 32.2. The van der Waals surface area contributed by atoms with Crippen LogP contribution >= 0.6 is 114 Å². The number of aromatic nitrogens is 6. The van der Waals surface area contributed by atoms with E-state index in [-0.39, 0.29) is 45.0 Å². The molecule has 0 bridgehead atoms. The molecule has 116 heavy (non-hydrogen) atoms. The van der Waals surface area contributed by atoms with Crippen LogP contribution in [0.5, 0.6) is 5.75 Å². The molecule has 0 fully saturated rings. The molecule has 2 atom stereocenters. The van der Waals surface area contributed by atoms with Crippen molar-refractivity contribution in [3.63, 3.8) is 0 Å². The van der Waals surface area contributed by atoms with Crippen molar-refractivity contribution in [3.05, 3.63) is 154 Å². The first-order valence-corrected chi connectivity index (χ1v) is 47.5. The third-order valence-electron chi connectivity index (χ3n) is 22.0. The van der Waals surface area contributed by atoms with Gasteiger partial charge >= 0.3 is 0 Å². The van der Waals surface area contributed by atoms with Crippen molar-refractivity contribution in [1.29, 1.82) is 21.0 Å². The Morgan fingerprint density at radius 2 is 0.810 bits per heavy atom. The summed E-state index contributed by atoms with van der Waals surface area (Å²) >= 11 is 28.3. The van der Waals surface area contributed by atoms with Crippen molar-refractivity contribution in [2.45, 2.75) is 192 Å². The number of carbonyl (C=O) groups is 2. The number of hydrogen-bond acceptors (Lipinski definition) is 21. The highest BCUT2D eigenvalue weighted by atomic mass is 35.5. The number of hydrogen-bond donors (Lipinski definition) is 0. The molecule has 0 saturated heterocycles. The number of rotatable bonds is 28. The van der Waals surface area contributed by atoms with Crippen LogP contribution in [0.3, 0.4) is 0 Å². The van der Waals surface area contributed by atoms with Crippen molar-refractivity contribution >= 4 is 190 Å². The van der Waals surface area contributed by atoms with E-state index in [4.69, 9.17) is 47.9 Å². The summed E-state index contributed by atoms with van der Waals surface area (Å²) in [6, 6.07) is 20.6. The van der Waals surface area contributed by atoms with Crippen LogP contribution < -0.4 is 4.74 Å². The van der Waals surface area contributed by atoms with Gasteiger partial charge in [0.15, 0.2) is 11.6 Å². The maximum atomic E-state index is 14.2. The topological polar surface area (TPSA) is 216 Å². The van der Waals surface area contributed by atoms with Crippen LogP contribution in [0.2, 0.25) is 10.0 Å². The van der Waals surface area contributed by atoms with Gasteiger partial charge in [0.2, 0.25) is 0 Å². The molecule has 15 rings (SSSR count). The molecule has 23 heteroatoms. The number of nitriles is 4. The Morgan fingerprint density at radius 3 is 1.17 bits per heavy atom. The number of carbonyl (C=O) groups excluding carboxylic acids is 2. The number of nitrogens with zero attached hydrogens (tertiary/aromatic N) is 10. The molecule has 592 valence electrons. The van der Waals surface area contributed by atoms with E-state index in [1.165, 1.54) is 71.2 Å². The lowest BCUT2D eigenvalue weighted by molar-refractivity contribution is 0.0324. The Kier molecular flexibility index (Phi) is 24.4. The van der Waals surface area contributed by atoms with Crippen molar-refractivity contribution in [2.75, 3.05) is 0 Å². The molecule has 0 amide bonds. The molecule has 2 aliphatic carbocycles. The van der Waals surface area contributed by atoms with Crippen LogP contribution in [0.15, 0.2) is 83.5 Å². The number of fused-ring (bicyclic) bond motifs is 9. The van der Waals surface area contributed by atoms with Crippen molar-refractivity contribution < 1.29 is 14.3 Å². The fraction of sp³-hybridized carbons (Fsp3) is 0.398. The number of pyridine rings is 2. The Morgan fingerprint density at radius 1 is 0.440 bits per heavy atom. The minimum Gasteiger partial charge on any atom is -0.481 e. The largest absolute Gasteiger partial charge is 0.481 e. The first-order chi connectivity index (χ1) is 55.7. The third-order valence-corrected chi connectivity index (χ3v) is 33.4. The quantitative estimate of drug-likeness (QED) is 0.0330. The molecule has 13 nitrogen and oxygen atoms in total. The van der Waals surface area contributed by atoms with E-state index in [1.54, 1.807) is 93.4 Å². The van der Waals surface area contributed by atoms with E-state index >= 15 is 0 Å². The molecule has 13 heterocycles.